The maximum Gasteiger partial charge on any atom is 0.273 e. The van der Waals surface area contributed by atoms with Gasteiger partial charge < -0.3 is 20.9 Å². The van der Waals surface area contributed by atoms with Gasteiger partial charge in [0.1, 0.15) is 11.4 Å². The second-order valence-corrected chi connectivity index (χ2v) is 8.23. The molecule has 3 N–H and O–H groups in total. The van der Waals surface area contributed by atoms with Gasteiger partial charge in [0.25, 0.3) is 5.91 Å². The van der Waals surface area contributed by atoms with E-state index >= 15 is 0 Å². The van der Waals surface area contributed by atoms with E-state index in [4.69, 9.17) is 0 Å². The van der Waals surface area contributed by atoms with E-state index in [-0.39, 0.29) is 29.4 Å². The van der Waals surface area contributed by atoms with E-state index in [1.54, 1.807) is 24.1 Å². The number of nitrogens with zero attached hydrogens (tertiary/aromatic N) is 7. The zero-order valence-corrected chi connectivity index (χ0v) is 18.7. The molecule has 3 aromatic heterocycles. The second kappa shape index (κ2) is 7.80. The first-order valence-corrected chi connectivity index (χ1v) is 10.7. The van der Waals surface area contributed by atoms with Crippen LogP contribution in [0.3, 0.4) is 0 Å². The molecular weight excluding hydrogens is 424 g/mol. The van der Waals surface area contributed by atoms with Crippen molar-refractivity contribution in [2.24, 2.45) is 13.0 Å². The van der Waals surface area contributed by atoms with Crippen LogP contribution in [-0.4, -0.2) is 56.1 Å². The van der Waals surface area contributed by atoms with Gasteiger partial charge in [0.2, 0.25) is 5.91 Å². The van der Waals surface area contributed by atoms with Gasteiger partial charge in [-0.05, 0) is 25.8 Å². The van der Waals surface area contributed by atoms with Crippen molar-refractivity contribution in [2.75, 3.05) is 29.6 Å². The van der Waals surface area contributed by atoms with E-state index < -0.39 is 5.91 Å². The molecule has 12 heteroatoms. The Morgan fingerprint density at radius 1 is 1.15 bits per heavy atom. The molecule has 1 fully saturated rings. The van der Waals surface area contributed by atoms with Crippen molar-refractivity contribution in [2.45, 2.75) is 25.8 Å². The lowest BCUT2D eigenvalue weighted by Gasteiger charge is -2.33. The minimum atomic E-state index is -0.409. The van der Waals surface area contributed by atoms with Gasteiger partial charge in [-0.2, -0.15) is 15.0 Å². The van der Waals surface area contributed by atoms with Gasteiger partial charge in [-0.3, -0.25) is 9.59 Å². The Labute approximate surface area is 189 Å². The van der Waals surface area contributed by atoms with E-state index in [0.29, 0.717) is 11.5 Å². The summed E-state index contributed by atoms with van der Waals surface area (Å²) < 4.78 is 0. The Bertz CT molecular complexity index is 1270. The summed E-state index contributed by atoms with van der Waals surface area (Å²) in [6.45, 7) is 2.04. The fourth-order valence-electron chi connectivity index (χ4n) is 3.90. The van der Waals surface area contributed by atoms with Gasteiger partial charge in [-0.1, -0.05) is 0 Å². The van der Waals surface area contributed by atoms with Crippen LogP contribution in [0.1, 0.15) is 42.0 Å². The number of hydrogen-bond donors (Lipinski definition) is 3. The van der Waals surface area contributed by atoms with Crippen LogP contribution in [-0.2, 0) is 11.8 Å². The van der Waals surface area contributed by atoms with Crippen LogP contribution in [0.5, 0.6) is 0 Å². The molecule has 0 bridgehead atoms. The van der Waals surface area contributed by atoms with Crippen LogP contribution >= 0.6 is 0 Å². The van der Waals surface area contributed by atoms with Crippen molar-refractivity contribution in [3.8, 4) is 11.3 Å². The highest BCUT2D eigenvalue weighted by atomic mass is 16.2. The minimum absolute atomic E-state index is 0.0148. The summed E-state index contributed by atoms with van der Waals surface area (Å²) >= 11 is 0. The molecule has 0 aromatic carbocycles. The zero-order chi connectivity index (χ0) is 23.3. The second-order valence-electron chi connectivity index (χ2n) is 8.23. The first-order valence-electron chi connectivity index (χ1n) is 10.7. The summed E-state index contributed by atoms with van der Waals surface area (Å²) in [6.07, 6.45) is 3.42. The van der Waals surface area contributed by atoms with Crippen LogP contribution in [0.4, 0.5) is 23.0 Å². The number of pyridine rings is 1. The molecule has 0 radical (unpaired) electrons. The molecular formula is C21H24N10O2. The largest absolute Gasteiger partial charge is 0.363 e. The lowest BCUT2D eigenvalue weighted by atomic mass is 9.99. The molecule has 1 aliphatic heterocycles. The van der Waals surface area contributed by atoms with Crippen LogP contribution in [0.2, 0.25) is 0 Å². The van der Waals surface area contributed by atoms with Gasteiger partial charge in [0, 0.05) is 44.9 Å². The van der Waals surface area contributed by atoms with Crippen molar-refractivity contribution in [1.82, 2.24) is 35.5 Å². The van der Waals surface area contributed by atoms with Gasteiger partial charge in [-0.25, -0.2) is 4.98 Å². The number of aryl methyl sites for hydroxylation is 1. The third kappa shape index (κ3) is 3.62. The number of anilines is 4. The first kappa shape index (κ1) is 20.8. The molecule has 12 nitrogen and oxygen atoms in total. The highest BCUT2D eigenvalue weighted by Crippen LogP contribution is 2.45. The summed E-state index contributed by atoms with van der Waals surface area (Å²) in [5.74, 6) is 0.302. The zero-order valence-electron chi connectivity index (χ0n) is 18.7. The molecule has 0 saturated heterocycles. The third-order valence-corrected chi connectivity index (χ3v) is 5.94. The average Bonchev–Trinajstić information content (AvgIpc) is 3.58. The molecule has 1 atom stereocenters. The minimum Gasteiger partial charge on any atom is -0.363 e. The van der Waals surface area contributed by atoms with E-state index in [1.165, 1.54) is 7.05 Å². The number of rotatable bonds is 5. The fraction of sp³-hybridized carbons (Fsp3) is 0.381. The monoisotopic (exact) mass is 448 g/mol. The van der Waals surface area contributed by atoms with E-state index in [0.717, 1.165) is 35.5 Å². The number of amides is 2. The highest BCUT2D eigenvalue weighted by Gasteiger charge is 2.33. The Morgan fingerprint density at radius 2 is 1.94 bits per heavy atom. The Balaban J connectivity index is 1.57. The topological polar surface area (TPSA) is 143 Å². The standard InChI is InChI=1S/C21H24N10O2/c1-10-15-16(29-31(4)28-15)12-7-8-23-19(18(12)30(10)3)24-13-9-14(25-20(32)11-5-6-11)26-27-17(13)21(33)22-2/h7-11H,5-6H2,1-4H3,(H,22,33)(H2,23,24,25,26,32)/t10-/m1/s1. The number of carbonyl (C=O) groups excluding carboxylic acids is 2. The van der Waals surface area contributed by atoms with Crippen molar-refractivity contribution >= 4 is 34.8 Å². The predicted molar refractivity (Wildman–Crippen MR) is 121 cm³/mol. The predicted octanol–water partition coefficient (Wildman–Crippen LogP) is 1.63. The van der Waals surface area contributed by atoms with Crippen LogP contribution in [0, 0.1) is 5.92 Å². The molecule has 170 valence electrons. The van der Waals surface area contributed by atoms with Crippen molar-refractivity contribution < 1.29 is 9.59 Å². The summed E-state index contributed by atoms with van der Waals surface area (Å²) in [4.78, 5) is 32.8. The molecule has 1 saturated carbocycles. The molecule has 0 spiro atoms. The number of fused-ring (bicyclic) bond motifs is 3. The molecule has 2 aliphatic rings. The first-order chi connectivity index (χ1) is 15.9. The summed E-state index contributed by atoms with van der Waals surface area (Å²) in [7, 11) is 5.27. The van der Waals surface area contributed by atoms with Crippen molar-refractivity contribution in [3.63, 3.8) is 0 Å². The molecule has 1 aliphatic carbocycles. The maximum atomic E-state index is 12.5. The number of carbonyl (C=O) groups is 2. The quantitative estimate of drug-likeness (QED) is 0.530. The third-order valence-electron chi connectivity index (χ3n) is 5.94. The molecule has 0 unspecified atom stereocenters. The fourth-order valence-corrected chi connectivity index (χ4v) is 3.90. The number of nitrogens with one attached hydrogen (secondary N) is 3. The molecule has 5 rings (SSSR count). The number of hydrogen-bond acceptors (Lipinski definition) is 9. The van der Waals surface area contributed by atoms with Crippen molar-refractivity contribution in [3.05, 3.63) is 29.7 Å². The Kier molecular flexibility index (Phi) is 4.91. The Morgan fingerprint density at radius 3 is 2.67 bits per heavy atom. The molecule has 3 aromatic rings. The highest BCUT2D eigenvalue weighted by molar-refractivity contribution is 6.00. The van der Waals surface area contributed by atoms with Crippen molar-refractivity contribution in [1.29, 1.82) is 0 Å². The maximum absolute atomic E-state index is 12.5. The van der Waals surface area contributed by atoms with Gasteiger partial charge in [-0.15, -0.1) is 10.2 Å². The van der Waals surface area contributed by atoms with E-state index in [2.05, 4.69) is 46.2 Å². The molecule has 2 amide bonds. The van der Waals surface area contributed by atoms with Crippen LogP contribution < -0.4 is 20.9 Å². The van der Waals surface area contributed by atoms with E-state index in [1.807, 2.05) is 20.0 Å². The lowest BCUT2D eigenvalue weighted by molar-refractivity contribution is -0.117. The van der Waals surface area contributed by atoms with E-state index in [9.17, 15) is 9.59 Å². The van der Waals surface area contributed by atoms with Gasteiger partial charge >= 0.3 is 0 Å². The van der Waals surface area contributed by atoms with Gasteiger partial charge in [0.05, 0.1) is 17.4 Å². The van der Waals surface area contributed by atoms with Crippen LogP contribution in [0.15, 0.2) is 18.3 Å². The molecule has 33 heavy (non-hydrogen) atoms. The summed E-state index contributed by atoms with van der Waals surface area (Å²) in [5, 5.41) is 25.7. The lowest BCUT2D eigenvalue weighted by Crippen LogP contribution is -2.28. The van der Waals surface area contributed by atoms with Gasteiger partial charge in [0.15, 0.2) is 17.3 Å². The summed E-state index contributed by atoms with van der Waals surface area (Å²) in [5.41, 5.74) is 3.84. The smallest absolute Gasteiger partial charge is 0.273 e. The normalized spacial score (nSPS) is 16.6. The molecule has 4 heterocycles. The summed E-state index contributed by atoms with van der Waals surface area (Å²) in [6, 6.07) is 3.45. The average molecular weight is 448 g/mol. The van der Waals surface area contributed by atoms with Crippen LogP contribution in [0.25, 0.3) is 11.3 Å². The SMILES string of the molecule is CNC(=O)c1nnc(NC(=O)C2CC2)cc1Nc1nccc2c1N(C)[C@H](C)c1nn(C)nc1-2. The Hall–Kier alpha value is -4.09. The number of aromatic nitrogens is 6.